The van der Waals surface area contributed by atoms with Gasteiger partial charge in [0.1, 0.15) is 0 Å². The summed E-state index contributed by atoms with van der Waals surface area (Å²) >= 11 is 0. The number of fused-ring (bicyclic) bond motifs is 2. The lowest BCUT2D eigenvalue weighted by molar-refractivity contribution is 0.663. The third-order valence-corrected chi connectivity index (χ3v) is 4.80. The molecule has 5 rings (SSSR count). The van der Waals surface area contributed by atoms with Crippen molar-refractivity contribution in [2.75, 3.05) is 21.3 Å². The van der Waals surface area contributed by atoms with Crippen molar-refractivity contribution >= 4 is 35.2 Å². The van der Waals surface area contributed by atoms with Crippen molar-refractivity contribution in [3.63, 3.8) is 0 Å². The molecule has 3 aromatic rings. The summed E-state index contributed by atoms with van der Waals surface area (Å²) in [7, 11) is 0. The molecule has 0 fully saturated rings. The van der Waals surface area contributed by atoms with Crippen molar-refractivity contribution in [2.24, 2.45) is 10.2 Å². The highest BCUT2D eigenvalue weighted by Crippen LogP contribution is 2.27. The summed E-state index contributed by atoms with van der Waals surface area (Å²) < 4.78 is 0. The lowest BCUT2D eigenvalue weighted by atomic mass is 10.1. The van der Waals surface area contributed by atoms with Crippen molar-refractivity contribution < 1.29 is 0 Å². The fourth-order valence-electron chi connectivity index (χ4n) is 3.39. The zero-order chi connectivity index (χ0) is 20.2. The van der Waals surface area contributed by atoms with Crippen LogP contribution in [0.5, 0.6) is 0 Å². The van der Waals surface area contributed by atoms with Gasteiger partial charge in [-0.3, -0.25) is 10.9 Å². The zero-order valence-electron chi connectivity index (χ0n) is 16.1. The average Bonchev–Trinajstić information content (AvgIpc) is 3.37. The number of nitrogens with one attached hydrogen (secondary N) is 6. The van der Waals surface area contributed by atoms with Crippen LogP contribution >= 0.6 is 0 Å². The maximum atomic E-state index is 4.33. The monoisotopic (exact) mass is 398 g/mol. The molecule has 0 bridgehead atoms. The number of rotatable bonds is 6. The van der Waals surface area contributed by atoms with Gasteiger partial charge in [-0.15, -0.1) is 0 Å². The Morgan fingerprint density at radius 1 is 0.567 bits per heavy atom. The normalized spacial score (nSPS) is 15.2. The van der Waals surface area contributed by atoms with Crippen LogP contribution in [0.25, 0.3) is 0 Å². The van der Waals surface area contributed by atoms with Crippen LogP contribution in [0.15, 0.2) is 83.0 Å². The molecular formula is C22H22N8. The van der Waals surface area contributed by atoms with E-state index < -0.39 is 0 Å². The third-order valence-electron chi connectivity index (χ3n) is 4.80. The SMILES string of the molecule is C(=N\NC1Nc2ccccc2N1)/c1cccc(/C=N/NC2Nc3ccccc3N2)c1. The second-order valence-corrected chi connectivity index (χ2v) is 6.98. The van der Waals surface area contributed by atoms with Gasteiger partial charge in [-0.25, -0.2) is 0 Å². The molecule has 0 unspecified atom stereocenters. The minimum absolute atomic E-state index is 0.136. The van der Waals surface area contributed by atoms with E-state index in [9.17, 15) is 0 Å². The molecule has 2 heterocycles. The molecule has 0 saturated carbocycles. The molecule has 8 heteroatoms. The van der Waals surface area contributed by atoms with E-state index in [1.807, 2.05) is 72.8 Å². The molecular weight excluding hydrogens is 376 g/mol. The van der Waals surface area contributed by atoms with Crippen LogP contribution in [-0.2, 0) is 0 Å². The highest BCUT2D eigenvalue weighted by Gasteiger charge is 2.18. The predicted molar refractivity (Wildman–Crippen MR) is 123 cm³/mol. The van der Waals surface area contributed by atoms with Crippen molar-refractivity contribution in [2.45, 2.75) is 12.6 Å². The third kappa shape index (κ3) is 3.97. The van der Waals surface area contributed by atoms with Gasteiger partial charge < -0.3 is 21.3 Å². The van der Waals surface area contributed by atoms with E-state index in [0.717, 1.165) is 33.9 Å². The number of anilines is 4. The lowest BCUT2D eigenvalue weighted by Gasteiger charge is -2.11. The Labute approximate surface area is 174 Å². The summed E-state index contributed by atoms with van der Waals surface area (Å²) in [4.78, 5) is 0. The number of hydrazone groups is 2. The predicted octanol–water partition coefficient (Wildman–Crippen LogP) is 3.18. The molecule has 6 N–H and O–H groups in total. The van der Waals surface area contributed by atoms with Crippen molar-refractivity contribution in [3.8, 4) is 0 Å². The van der Waals surface area contributed by atoms with Crippen LogP contribution in [-0.4, -0.2) is 25.0 Å². The Morgan fingerprint density at radius 2 is 0.967 bits per heavy atom. The smallest absolute Gasteiger partial charge is 0.188 e. The lowest BCUT2D eigenvalue weighted by Crippen LogP contribution is -2.35. The number of para-hydroxylation sites is 4. The molecule has 3 aromatic carbocycles. The van der Waals surface area contributed by atoms with Gasteiger partial charge >= 0.3 is 0 Å². The Balaban J connectivity index is 1.13. The minimum atomic E-state index is -0.136. The second-order valence-electron chi connectivity index (χ2n) is 6.98. The van der Waals surface area contributed by atoms with Crippen LogP contribution < -0.4 is 32.1 Å². The largest absolute Gasteiger partial charge is 0.346 e. The number of benzene rings is 3. The summed E-state index contributed by atoms with van der Waals surface area (Å²) in [5.41, 5.74) is 12.3. The van der Waals surface area contributed by atoms with E-state index in [2.05, 4.69) is 42.3 Å². The van der Waals surface area contributed by atoms with E-state index >= 15 is 0 Å². The fourth-order valence-corrected chi connectivity index (χ4v) is 3.39. The Hall–Kier alpha value is -4.20. The van der Waals surface area contributed by atoms with Gasteiger partial charge in [-0.05, 0) is 41.5 Å². The molecule has 0 amide bonds. The van der Waals surface area contributed by atoms with Crippen LogP contribution in [0, 0.1) is 0 Å². The first kappa shape index (κ1) is 17.9. The van der Waals surface area contributed by atoms with Crippen LogP contribution in [0.4, 0.5) is 22.7 Å². The van der Waals surface area contributed by atoms with Gasteiger partial charge in [0.05, 0.1) is 35.2 Å². The van der Waals surface area contributed by atoms with Gasteiger partial charge in [0.25, 0.3) is 0 Å². The second kappa shape index (κ2) is 8.04. The number of hydrogen-bond acceptors (Lipinski definition) is 8. The number of nitrogens with zero attached hydrogens (tertiary/aromatic N) is 2. The maximum absolute atomic E-state index is 4.33. The summed E-state index contributed by atoms with van der Waals surface area (Å²) in [6, 6.07) is 24.1. The number of hydrogen-bond donors (Lipinski definition) is 6. The molecule has 8 nitrogen and oxygen atoms in total. The van der Waals surface area contributed by atoms with Crippen molar-refractivity contribution in [1.29, 1.82) is 0 Å². The molecule has 150 valence electrons. The quantitative estimate of drug-likeness (QED) is 0.282. The van der Waals surface area contributed by atoms with E-state index in [1.165, 1.54) is 0 Å². The molecule has 30 heavy (non-hydrogen) atoms. The van der Waals surface area contributed by atoms with Crippen LogP contribution in [0.1, 0.15) is 11.1 Å². The standard InChI is InChI=1S/C22H22N8/c1-2-9-18-17(8-1)25-21(26-18)29-23-13-15-6-5-7-16(12-15)14-24-30-22-27-19-10-3-4-11-20(19)28-22/h1-14,21-22,25-30H/b23-13+,24-14+. The Morgan fingerprint density at radius 3 is 1.37 bits per heavy atom. The van der Waals surface area contributed by atoms with Gasteiger partial charge in [-0.1, -0.05) is 42.5 Å². The van der Waals surface area contributed by atoms with Crippen LogP contribution in [0.3, 0.4) is 0 Å². The van der Waals surface area contributed by atoms with Gasteiger partial charge in [0.15, 0.2) is 12.6 Å². The van der Waals surface area contributed by atoms with Crippen molar-refractivity contribution in [3.05, 3.63) is 83.9 Å². The summed E-state index contributed by atoms with van der Waals surface area (Å²) in [5.74, 6) is 0. The van der Waals surface area contributed by atoms with Gasteiger partial charge in [0.2, 0.25) is 0 Å². The topological polar surface area (TPSA) is 96.9 Å². The minimum Gasteiger partial charge on any atom is -0.346 e. The highest BCUT2D eigenvalue weighted by atomic mass is 15.5. The Kier molecular flexibility index (Phi) is 4.79. The Bertz CT molecular complexity index is 961. The molecule has 0 atom stereocenters. The average molecular weight is 398 g/mol. The maximum Gasteiger partial charge on any atom is 0.188 e. The van der Waals surface area contributed by atoms with E-state index in [0.29, 0.717) is 0 Å². The van der Waals surface area contributed by atoms with E-state index in [1.54, 1.807) is 12.4 Å². The molecule has 0 aromatic heterocycles. The zero-order valence-corrected chi connectivity index (χ0v) is 16.1. The summed E-state index contributed by atoms with van der Waals surface area (Å²) in [6.45, 7) is 0. The summed E-state index contributed by atoms with van der Waals surface area (Å²) in [6.07, 6.45) is 3.30. The van der Waals surface area contributed by atoms with Crippen LogP contribution in [0.2, 0.25) is 0 Å². The molecule has 0 spiro atoms. The van der Waals surface area contributed by atoms with Gasteiger partial charge in [-0.2, -0.15) is 10.2 Å². The first-order valence-corrected chi connectivity index (χ1v) is 9.75. The van der Waals surface area contributed by atoms with E-state index in [-0.39, 0.29) is 12.6 Å². The molecule has 2 aliphatic rings. The molecule has 0 saturated heterocycles. The van der Waals surface area contributed by atoms with E-state index in [4.69, 9.17) is 0 Å². The first-order valence-electron chi connectivity index (χ1n) is 9.75. The highest BCUT2D eigenvalue weighted by molar-refractivity contribution is 5.86. The molecule has 0 radical (unpaired) electrons. The molecule has 0 aliphatic carbocycles. The fraction of sp³-hybridized carbons (Fsp3) is 0.0909. The summed E-state index contributed by atoms with van der Waals surface area (Å²) in [5, 5.41) is 21.9. The van der Waals surface area contributed by atoms with Crippen molar-refractivity contribution in [1.82, 2.24) is 10.9 Å². The first-order chi connectivity index (χ1) is 14.8. The van der Waals surface area contributed by atoms with Gasteiger partial charge in [0, 0.05) is 0 Å². The molecule has 2 aliphatic heterocycles.